The Hall–Kier alpha value is -3.17. The summed E-state index contributed by atoms with van der Waals surface area (Å²) in [7, 11) is 0. The molecule has 0 saturated carbocycles. The van der Waals surface area contributed by atoms with Gasteiger partial charge in [-0.15, -0.1) is 11.3 Å². The minimum absolute atomic E-state index is 0.0654. The molecule has 0 aliphatic carbocycles. The molecule has 10 heteroatoms. The van der Waals surface area contributed by atoms with E-state index in [4.69, 9.17) is 16.3 Å². The van der Waals surface area contributed by atoms with Gasteiger partial charge in [0, 0.05) is 24.2 Å². The van der Waals surface area contributed by atoms with Gasteiger partial charge >= 0.3 is 11.7 Å². The minimum atomic E-state index is -0.550. The molecule has 0 radical (unpaired) electrons. The molecule has 0 spiro atoms. The lowest BCUT2D eigenvalue weighted by Gasteiger charge is -2.06. The third-order valence-electron chi connectivity index (χ3n) is 4.29. The second-order valence-corrected chi connectivity index (χ2v) is 7.36. The molecule has 0 unspecified atom stereocenters. The average Bonchev–Trinajstić information content (AvgIpc) is 3.26. The van der Waals surface area contributed by atoms with Gasteiger partial charge in [0.1, 0.15) is 0 Å². The number of hydrogen-bond donors (Lipinski definition) is 1. The van der Waals surface area contributed by atoms with Gasteiger partial charge in [-0.05, 0) is 24.6 Å². The zero-order chi connectivity index (χ0) is 20.4. The molecule has 0 aliphatic heterocycles. The molecule has 1 aromatic carbocycles. The number of carbonyl (C=O) groups is 1. The number of fused-ring (bicyclic) bond motifs is 2. The predicted octanol–water partition coefficient (Wildman–Crippen LogP) is 2.70. The molecule has 29 heavy (non-hydrogen) atoms. The highest BCUT2D eigenvalue weighted by Gasteiger charge is 2.10. The number of nitrogens with zero attached hydrogens (tertiary/aromatic N) is 3. The maximum atomic E-state index is 12.4. The molecule has 0 aliphatic rings. The van der Waals surface area contributed by atoms with Crippen molar-refractivity contribution >= 4 is 50.8 Å². The maximum Gasteiger partial charge on any atom is 0.330 e. The number of aromatic nitrogens is 4. The van der Waals surface area contributed by atoms with Gasteiger partial charge in [-0.1, -0.05) is 23.7 Å². The van der Waals surface area contributed by atoms with Crippen molar-refractivity contribution in [1.82, 2.24) is 18.9 Å². The van der Waals surface area contributed by atoms with Crippen LogP contribution in [0.2, 0.25) is 5.15 Å². The lowest BCUT2D eigenvalue weighted by molar-refractivity contribution is -0.137. The van der Waals surface area contributed by atoms with E-state index in [0.29, 0.717) is 28.2 Å². The fourth-order valence-corrected chi connectivity index (χ4v) is 3.92. The molecule has 0 fully saturated rings. The van der Waals surface area contributed by atoms with Gasteiger partial charge in [0.15, 0.2) is 10.1 Å². The molecule has 0 bridgehead atoms. The summed E-state index contributed by atoms with van der Waals surface area (Å²) in [6.07, 6.45) is 4.93. The van der Waals surface area contributed by atoms with Gasteiger partial charge in [-0.3, -0.25) is 13.8 Å². The molecule has 4 aromatic rings. The molecule has 1 N–H and O–H groups in total. The van der Waals surface area contributed by atoms with Crippen LogP contribution in [0, 0.1) is 0 Å². The van der Waals surface area contributed by atoms with Crippen molar-refractivity contribution in [3.8, 4) is 0 Å². The van der Waals surface area contributed by atoms with Crippen LogP contribution >= 0.6 is 22.9 Å². The molecule has 3 aromatic heterocycles. The quantitative estimate of drug-likeness (QED) is 0.288. The summed E-state index contributed by atoms with van der Waals surface area (Å²) in [5.74, 6) is -0.550. The largest absolute Gasteiger partial charge is 0.462 e. The summed E-state index contributed by atoms with van der Waals surface area (Å²) in [6.45, 7) is 0.204. The number of halogens is 1. The molecule has 8 nitrogen and oxygen atoms in total. The van der Waals surface area contributed by atoms with Crippen molar-refractivity contribution in [1.29, 1.82) is 0 Å². The lowest BCUT2D eigenvalue weighted by atomic mass is 10.2. The zero-order valence-corrected chi connectivity index (χ0v) is 16.6. The van der Waals surface area contributed by atoms with Crippen LogP contribution in [0.4, 0.5) is 0 Å². The zero-order valence-electron chi connectivity index (χ0n) is 15.0. The number of rotatable bonds is 6. The van der Waals surface area contributed by atoms with E-state index in [1.165, 1.54) is 23.5 Å². The smallest absolute Gasteiger partial charge is 0.330 e. The third kappa shape index (κ3) is 3.87. The van der Waals surface area contributed by atoms with Crippen molar-refractivity contribution in [2.24, 2.45) is 0 Å². The number of benzene rings is 1. The first kappa shape index (κ1) is 19.2. The van der Waals surface area contributed by atoms with Gasteiger partial charge in [0.2, 0.25) is 0 Å². The number of nitrogens with one attached hydrogen (secondary N) is 1. The van der Waals surface area contributed by atoms with Crippen molar-refractivity contribution in [3.05, 3.63) is 73.6 Å². The second kappa shape index (κ2) is 8.06. The number of esters is 1. The Kier molecular flexibility index (Phi) is 5.32. The number of carbonyl (C=O) groups excluding carboxylic acids is 1. The molecular formula is C19H15ClN4O4S. The van der Waals surface area contributed by atoms with E-state index >= 15 is 0 Å². The van der Waals surface area contributed by atoms with E-state index in [2.05, 4.69) is 9.97 Å². The van der Waals surface area contributed by atoms with Crippen LogP contribution in [0.15, 0.2) is 51.5 Å². The first-order valence-electron chi connectivity index (χ1n) is 8.72. The highest BCUT2D eigenvalue weighted by Crippen LogP contribution is 2.22. The molecule has 0 atom stereocenters. The van der Waals surface area contributed by atoms with Gasteiger partial charge in [0.25, 0.3) is 5.56 Å². The molecule has 3 heterocycles. The summed E-state index contributed by atoms with van der Waals surface area (Å²) in [5.41, 5.74) is 0.225. The van der Waals surface area contributed by atoms with Crippen molar-refractivity contribution in [3.63, 3.8) is 0 Å². The van der Waals surface area contributed by atoms with Crippen LogP contribution in [-0.4, -0.2) is 31.5 Å². The predicted molar refractivity (Wildman–Crippen MR) is 112 cm³/mol. The van der Waals surface area contributed by atoms with Crippen LogP contribution in [0.5, 0.6) is 0 Å². The number of H-pyrrole nitrogens is 1. The Morgan fingerprint density at radius 1 is 1.31 bits per heavy atom. The van der Waals surface area contributed by atoms with Crippen LogP contribution in [0.1, 0.15) is 12.1 Å². The van der Waals surface area contributed by atoms with Crippen LogP contribution < -0.4 is 11.2 Å². The highest BCUT2D eigenvalue weighted by atomic mass is 35.5. The lowest BCUT2D eigenvalue weighted by Crippen LogP contribution is -2.35. The third-order valence-corrected chi connectivity index (χ3v) is 5.33. The topological polar surface area (TPSA) is 98.5 Å². The molecule has 148 valence electrons. The number of aromatic amines is 1. The first-order valence-corrected chi connectivity index (χ1v) is 9.98. The fourth-order valence-electron chi connectivity index (χ4n) is 2.92. The van der Waals surface area contributed by atoms with Crippen molar-refractivity contribution < 1.29 is 9.53 Å². The number of para-hydroxylation sites is 1. The van der Waals surface area contributed by atoms with Crippen molar-refractivity contribution in [2.75, 3.05) is 6.61 Å². The summed E-state index contributed by atoms with van der Waals surface area (Å²) in [5, 5.41) is 2.60. The fraction of sp³-hybridized carbons (Fsp3) is 0.158. The number of hydrogen-bond acceptors (Lipinski definition) is 6. The Bertz CT molecular complexity index is 1350. The SMILES string of the molecule is O=C(/C=C/c1c(Cl)nc2sccn12)OCCCn1c(=O)[nH]c2ccccc2c1=O. The van der Waals surface area contributed by atoms with E-state index in [9.17, 15) is 14.4 Å². The van der Waals surface area contributed by atoms with E-state index in [0.717, 1.165) is 9.53 Å². The summed E-state index contributed by atoms with van der Waals surface area (Å²) >= 11 is 7.50. The van der Waals surface area contributed by atoms with Crippen LogP contribution in [-0.2, 0) is 16.1 Å². The average molecular weight is 431 g/mol. The van der Waals surface area contributed by atoms with Gasteiger partial charge in [0.05, 0.1) is 23.2 Å². The Balaban J connectivity index is 1.36. The Morgan fingerprint density at radius 3 is 3.00 bits per heavy atom. The molecular weight excluding hydrogens is 416 g/mol. The van der Waals surface area contributed by atoms with Gasteiger partial charge < -0.3 is 9.72 Å². The minimum Gasteiger partial charge on any atom is -0.462 e. The van der Waals surface area contributed by atoms with Gasteiger partial charge in [-0.2, -0.15) is 0 Å². The Morgan fingerprint density at radius 2 is 2.14 bits per heavy atom. The Labute approximate surface area is 172 Å². The maximum absolute atomic E-state index is 12.4. The van der Waals surface area contributed by atoms with E-state index in [1.54, 1.807) is 28.7 Å². The monoisotopic (exact) mass is 430 g/mol. The highest BCUT2D eigenvalue weighted by molar-refractivity contribution is 7.15. The second-order valence-electron chi connectivity index (χ2n) is 6.13. The van der Waals surface area contributed by atoms with Gasteiger partial charge in [-0.25, -0.2) is 14.6 Å². The van der Waals surface area contributed by atoms with E-state index in [1.807, 2.05) is 11.6 Å². The number of ether oxygens (including phenoxy) is 1. The molecule has 0 saturated heterocycles. The van der Waals surface area contributed by atoms with E-state index in [-0.39, 0.29) is 18.7 Å². The molecule has 0 amide bonds. The van der Waals surface area contributed by atoms with Crippen molar-refractivity contribution in [2.45, 2.75) is 13.0 Å². The summed E-state index contributed by atoms with van der Waals surface area (Å²) in [4.78, 5) is 44.0. The van der Waals surface area contributed by atoms with Crippen LogP contribution in [0.3, 0.4) is 0 Å². The summed E-state index contributed by atoms with van der Waals surface area (Å²) < 4.78 is 8.01. The normalized spacial score (nSPS) is 11.6. The standard InChI is InChI=1S/C19H15ClN4O4S/c20-16-14(23-9-11-29-19(23)22-16)6-7-15(25)28-10-3-8-24-17(26)12-4-1-2-5-13(12)21-18(24)27/h1-2,4-7,9,11H,3,8,10H2,(H,21,27)/b7-6+. The van der Waals surface area contributed by atoms with E-state index < -0.39 is 11.7 Å². The summed E-state index contributed by atoms with van der Waals surface area (Å²) in [6, 6.07) is 6.81. The first-order chi connectivity index (χ1) is 14.0. The van der Waals surface area contributed by atoms with Crippen LogP contribution in [0.25, 0.3) is 21.9 Å². The molecule has 4 rings (SSSR count). The number of thiazole rings is 1. The number of imidazole rings is 1.